The Morgan fingerprint density at radius 3 is 2.18 bits per heavy atom. The molecule has 2 nitrogen and oxygen atoms in total. The average molecular weight is 328 g/mol. The highest BCUT2D eigenvalue weighted by Gasteiger charge is 2.14. The van der Waals surface area contributed by atoms with Gasteiger partial charge >= 0.3 is 0 Å². The van der Waals surface area contributed by atoms with Gasteiger partial charge in [0.1, 0.15) is 5.15 Å². The summed E-state index contributed by atoms with van der Waals surface area (Å²) in [5.41, 5.74) is 1.14. The van der Waals surface area contributed by atoms with E-state index in [9.17, 15) is 0 Å². The lowest BCUT2D eigenvalue weighted by atomic mass is 10.1. The molecule has 0 saturated heterocycles. The molecule has 0 aliphatic carbocycles. The van der Waals surface area contributed by atoms with Crippen molar-refractivity contribution in [2.75, 3.05) is 0 Å². The van der Waals surface area contributed by atoms with Crippen molar-refractivity contribution in [2.24, 2.45) is 0 Å². The van der Waals surface area contributed by atoms with E-state index in [1.165, 1.54) is 6.20 Å². The zero-order valence-electron chi connectivity index (χ0n) is 8.02. The molecule has 0 aliphatic rings. The van der Waals surface area contributed by atoms with E-state index in [-0.39, 0.29) is 15.5 Å². The summed E-state index contributed by atoms with van der Waals surface area (Å²) in [5.74, 6) is 0. The van der Waals surface area contributed by atoms with Gasteiger partial charge in [0.05, 0.1) is 15.1 Å². The predicted octanol–water partition coefficient (Wildman–Crippen LogP) is 5.41. The molecule has 0 atom stereocenters. The summed E-state index contributed by atoms with van der Waals surface area (Å²) in [4.78, 5) is 7.67. The summed E-state index contributed by atoms with van der Waals surface area (Å²) < 4.78 is 0. The van der Waals surface area contributed by atoms with Gasteiger partial charge in [0.2, 0.25) is 5.28 Å². The van der Waals surface area contributed by atoms with Crippen LogP contribution in [0.1, 0.15) is 0 Å². The van der Waals surface area contributed by atoms with Crippen molar-refractivity contribution in [3.63, 3.8) is 0 Å². The van der Waals surface area contributed by atoms with Gasteiger partial charge in [-0.1, -0.05) is 52.5 Å². The molecule has 88 valence electrons. The summed E-state index contributed by atoms with van der Waals surface area (Å²) in [5, 5.41) is 1.19. The first-order chi connectivity index (χ1) is 8.00. The lowest BCUT2D eigenvalue weighted by Crippen LogP contribution is -1.89. The maximum atomic E-state index is 6.08. The zero-order chi connectivity index (χ0) is 12.6. The van der Waals surface area contributed by atoms with Crippen LogP contribution in [0.4, 0.5) is 0 Å². The molecule has 0 aliphatic heterocycles. The number of rotatable bonds is 1. The second-order valence-electron chi connectivity index (χ2n) is 3.07. The molecule has 1 aromatic carbocycles. The number of benzene rings is 1. The number of aromatic nitrogens is 2. The molecule has 17 heavy (non-hydrogen) atoms. The second kappa shape index (κ2) is 5.17. The van der Waals surface area contributed by atoms with Crippen LogP contribution < -0.4 is 0 Å². The van der Waals surface area contributed by atoms with E-state index < -0.39 is 0 Å². The molecule has 0 N–H and O–H groups in total. The van der Waals surface area contributed by atoms with E-state index in [1.54, 1.807) is 12.1 Å². The van der Waals surface area contributed by atoms with Crippen molar-refractivity contribution in [1.29, 1.82) is 0 Å². The smallest absolute Gasteiger partial charge is 0.223 e. The Hall–Kier alpha value is -0.250. The zero-order valence-corrected chi connectivity index (χ0v) is 11.8. The Kier molecular flexibility index (Phi) is 4.01. The molecule has 1 aromatic heterocycles. The predicted molar refractivity (Wildman–Crippen MR) is 72.5 cm³/mol. The highest BCUT2D eigenvalue weighted by Crippen LogP contribution is 2.39. The van der Waals surface area contributed by atoms with Gasteiger partial charge in [-0.15, -0.1) is 0 Å². The fraction of sp³-hybridized carbons (Fsp3) is 0. The summed E-state index contributed by atoms with van der Waals surface area (Å²) in [6, 6.07) is 3.31. The molecule has 0 fully saturated rings. The maximum absolute atomic E-state index is 6.08. The molecular formula is C10H3Cl5N2. The van der Waals surface area contributed by atoms with Crippen molar-refractivity contribution < 1.29 is 0 Å². The van der Waals surface area contributed by atoms with E-state index in [1.807, 2.05) is 0 Å². The molecule has 0 saturated carbocycles. The lowest BCUT2D eigenvalue weighted by Gasteiger charge is -2.08. The van der Waals surface area contributed by atoms with E-state index >= 15 is 0 Å². The minimum atomic E-state index is 0.0648. The van der Waals surface area contributed by atoms with Gasteiger partial charge in [0.15, 0.2) is 0 Å². The number of hydrogen-bond acceptors (Lipinski definition) is 2. The third-order valence-corrected chi connectivity index (χ3v) is 3.80. The number of hydrogen-bond donors (Lipinski definition) is 0. The quantitative estimate of drug-likeness (QED) is 0.397. The molecule has 7 heteroatoms. The van der Waals surface area contributed by atoms with Crippen LogP contribution in [0.5, 0.6) is 0 Å². The number of halogens is 5. The molecule has 2 rings (SSSR count). The minimum Gasteiger partial charge on any atom is -0.226 e. The standard InChI is InChI=1S/C10H3Cl5N2/c11-6-2-1-4(7(12)8(6)13)5-3-16-10(15)17-9(5)14/h1-3H. The van der Waals surface area contributed by atoms with Crippen LogP contribution in [-0.4, -0.2) is 9.97 Å². The SMILES string of the molecule is Clc1ncc(-c2ccc(Cl)c(Cl)c2Cl)c(Cl)n1. The third kappa shape index (κ3) is 2.61. The van der Waals surface area contributed by atoms with Crippen LogP contribution in [0.2, 0.25) is 25.5 Å². The van der Waals surface area contributed by atoms with Crippen LogP contribution in [0.15, 0.2) is 18.3 Å². The van der Waals surface area contributed by atoms with Crippen molar-refractivity contribution >= 4 is 58.0 Å². The van der Waals surface area contributed by atoms with Crippen molar-refractivity contribution in [2.45, 2.75) is 0 Å². The van der Waals surface area contributed by atoms with Gasteiger partial charge < -0.3 is 0 Å². The third-order valence-electron chi connectivity index (χ3n) is 2.04. The molecule has 0 spiro atoms. The van der Waals surface area contributed by atoms with Crippen LogP contribution in [0.25, 0.3) is 11.1 Å². The normalized spacial score (nSPS) is 10.6. The van der Waals surface area contributed by atoms with Gasteiger partial charge in [-0.3, -0.25) is 0 Å². The Morgan fingerprint density at radius 1 is 0.824 bits per heavy atom. The summed E-state index contributed by atoms with van der Waals surface area (Å²) in [6.07, 6.45) is 1.48. The maximum Gasteiger partial charge on any atom is 0.223 e. The lowest BCUT2D eigenvalue weighted by molar-refractivity contribution is 1.17. The largest absolute Gasteiger partial charge is 0.226 e. The fourth-order valence-corrected chi connectivity index (χ4v) is 2.30. The highest BCUT2D eigenvalue weighted by molar-refractivity contribution is 6.49. The van der Waals surface area contributed by atoms with Crippen molar-refractivity contribution in [1.82, 2.24) is 9.97 Å². The van der Waals surface area contributed by atoms with E-state index in [4.69, 9.17) is 58.0 Å². The number of nitrogens with zero attached hydrogens (tertiary/aromatic N) is 2. The summed E-state index contributed by atoms with van der Waals surface area (Å²) in [6.45, 7) is 0. The van der Waals surface area contributed by atoms with Crippen LogP contribution in [-0.2, 0) is 0 Å². The highest BCUT2D eigenvalue weighted by atomic mass is 35.5. The first-order valence-corrected chi connectivity index (χ1v) is 6.21. The van der Waals surface area contributed by atoms with Gasteiger partial charge in [0, 0.05) is 17.3 Å². The molecule has 0 unspecified atom stereocenters. The topological polar surface area (TPSA) is 25.8 Å². The molecule has 0 bridgehead atoms. The Morgan fingerprint density at radius 2 is 1.53 bits per heavy atom. The van der Waals surface area contributed by atoms with Gasteiger partial charge in [-0.25, -0.2) is 9.97 Å². The Labute approximate surface area is 122 Å². The van der Waals surface area contributed by atoms with Gasteiger partial charge in [-0.05, 0) is 17.7 Å². The molecule has 2 aromatic rings. The Balaban J connectivity index is 2.65. The van der Waals surface area contributed by atoms with Gasteiger partial charge in [0.25, 0.3) is 0 Å². The summed E-state index contributed by atoms with van der Waals surface area (Å²) in [7, 11) is 0. The van der Waals surface area contributed by atoms with Crippen LogP contribution >= 0.6 is 58.0 Å². The fourth-order valence-electron chi connectivity index (χ4n) is 1.26. The monoisotopic (exact) mass is 326 g/mol. The molecular weight excluding hydrogens is 325 g/mol. The van der Waals surface area contributed by atoms with Crippen molar-refractivity contribution in [3.8, 4) is 11.1 Å². The average Bonchev–Trinajstić information content (AvgIpc) is 2.28. The molecule has 0 amide bonds. The van der Waals surface area contributed by atoms with Crippen LogP contribution in [0, 0.1) is 0 Å². The van der Waals surface area contributed by atoms with E-state index in [0.717, 1.165) is 0 Å². The van der Waals surface area contributed by atoms with E-state index in [0.29, 0.717) is 21.2 Å². The summed E-state index contributed by atoms with van der Waals surface area (Å²) >= 11 is 29.4. The molecule has 1 heterocycles. The Bertz CT molecular complexity index is 585. The van der Waals surface area contributed by atoms with Gasteiger partial charge in [-0.2, -0.15) is 0 Å². The van der Waals surface area contributed by atoms with Crippen molar-refractivity contribution in [3.05, 3.63) is 43.8 Å². The minimum absolute atomic E-state index is 0.0648. The van der Waals surface area contributed by atoms with Crippen LogP contribution in [0.3, 0.4) is 0 Å². The first-order valence-electron chi connectivity index (χ1n) is 4.32. The van der Waals surface area contributed by atoms with E-state index in [2.05, 4.69) is 9.97 Å². The molecule has 0 radical (unpaired) electrons. The first kappa shape index (κ1) is 13.2. The second-order valence-corrected chi connectivity index (χ2v) is 4.93.